The smallest absolute Gasteiger partial charge is 0.313 e. The third-order valence-corrected chi connectivity index (χ3v) is 5.11. The number of para-hydroxylation sites is 1. The van der Waals surface area contributed by atoms with Crippen LogP contribution >= 0.6 is 0 Å². The second-order valence-corrected chi connectivity index (χ2v) is 7.21. The molecule has 0 radical (unpaired) electrons. The number of benzene rings is 1. The predicted molar refractivity (Wildman–Crippen MR) is 98.6 cm³/mol. The van der Waals surface area contributed by atoms with E-state index in [1.54, 1.807) is 43.3 Å². The molecule has 2 bridgehead atoms. The first-order valence-electron chi connectivity index (χ1n) is 9.02. The number of carbonyl (C=O) groups is 4. The molecule has 8 heteroatoms. The first-order valence-corrected chi connectivity index (χ1v) is 9.02. The summed E-state index contributed by atoms with van der Waals surface area (Å²) in [5.74, 6) is -2.00. The molecule has 4 amide bonds. The van der Waals surface area contributed by atoms with Gasteiger partial charge in [-0.05, 0) is 25.0 Å². The van der Waals surface area contributed by atoms with Crippen molar-refractivity contribution in [3.05, 3.63) is 30.3 Å². The maximum absolute atomic E-state index is 12.7. The summed E-state index contributed by atoms with van der Waals surface area (Å²) < 4.78 is 0. The highest BCUT2D eigenvalue weighted by atomic mass is 16.2. The molecule has 3 heterocycles. The van der Waals surface area contributed by atoms with Crippen LogP contribution < -0.4 is 5.32 Å². The van der Waals surface area contributed by atoms with Gasteiger partial charge in [-0.1, -0.05) is 18.2 Å². The van der Waals surface area contributed by atoms with Crippen LogP contribution in [0, 0.1) is 5.92 Å². The van der Waals surface area contributed by atoms with Crippen molar-refractivity contribution in [2.45, 2.75) is 18.9 Å². The van der Waals surface area contributed by atoms with Crippen LogP contribution in [0.2, 0.25) is 0 Å². The topological polar surface area (TPSA) is 90.0 Å². The molecular formula is C19H24N4O4. The Hall–Kier alpha value is -2.90. The zero-order valence-electron chi connectivity index (χ0n) is 15.6. The van der Waals surface area contributed by atoms with Crippen LogP contribution in [0.5, 0.6) is 0 Å². The lowest BCUT2D eigenvalue weighted by molar-refractivity contribution is -0.145. The molecule has 0 unspecified atom stereocenters. The second-order valence-electron chi connectivity index (χ2n) is 7.21. The number of likely N-dealkylation sites (N-methyl/N-ethyl adjacent to an activating group) is 1. The Bertz CT molecular complexity index is 749. The van der Waals surface area contributed by atoms with Crippen molar-refractivity contribution in [2.75, 3.05) is 39.0 Å². The highest BCUT2D eigenvalue weighted by Gasteiger charge is 2.43. The number of piperidine rings is 1. The Balaban J connectivity index is 1.70. The van der Waals surface area contributed by atoms with E-state index in [0.29, 0.717) is 12.1 Å². The average Bonchev–Trinajstić information content (AvgIpc) is 2.94. The Labute approximate surface area is 158 Å². The van der Waals surface area contributed by atoms with Crippen molar-refractivity contribution < 1.29 is 19.2 Å². The van der Waals surface area contributed by atoms with E-state index in [1.165, 1.54) is 9.80 Å². The summed E-state index contributed by atoms with van der Waals surface area (Å²) in [6, 6.07) is 8.52. The molecule has 1 aromatic carbocycles. The van der Waals surface area contributed by atoms with E-state index in [-0.39, 0.29) is 43.4 Å². The van der Waals surface area contributed by atoms with Gasteiger partial charge >= 0.3 is 11.8 Å². The molecule has 0 aliphatic carbocycles. The van der Waals surface area contributed by atoms with Gasteiger partial charge in [-0.15, -0.1) is 0 Å². The fraction of sp³-hybridized carbons (Fsp3) is 0.474. The van der Waals surface area contributed by atoms with Crippen LogP contribution in [0.1, 0.15) is 12.8 Å². The monoisotopic (exact) mass is 372 g/mol. The fourth-order valence-electron chi connectivity index (χ4n) is 3.55. The van der Waals surface area contributed by atoms with Gasteiger partial charge in [0, 0.05) is 38.9 Å². The van der Waals surface area contributed by atoms with Crippen molar-refractivity contribution in [1.82, 2.24) is 14.7 Å². The zero-order valence-corrected chi connectivity index (χ0v) is 15.6. The largest absolute Gasteiger partial charge is 0.347 e. The van der Waals surface area contributed by atoms with Crippen molar-refractivity contribution in [2.24, 2.45) is 5.92 Å². The van der Waals surface area contributed by atoms with Crippen molar-refractivity contribution in [1.29, 1.82) is 0 Å². The average molecular weight is 372 g/mol. The summed E-state index contributed by atoms with van der Waals surface area (Å²) in [7, 11) is 3.29. The number of nitrogens with zero attached hydrogens (tertiary/aromatic N) is 3. The number of anilines is 1. The number of rotatable bonds is 3. The van der Waals surface area contributed by atoms with Crippen LogP contribution in [-0.2, 0) is 19.2 Å². The van der Waals surface area contributed by atoms with Crippen LogP contribution in [0.4, 0.5) is 5.69 Å². The van der Waals surface area contributed by atoms with Gasteiger partial charge in [0.05, 0.1) is 5.92 Å². The first kappa shape index (κ1) is 18.9. The number of hydrogen-bond donors (Lipinski definition) is 1. The second kappa shape index (κ2) is 7.77. The molecule has 8 nitrogen and oxygen atoms in total. The Morgan fingerprint density at radius 2 is 1.81 bits per heavy atom. The van der Waals surface area contributed by atoms with Crippen LogP contribution in [0.25, 0.3) is 0 Å². The minimum atomic E-state index is -0.717. The van der Waals surface area contributed by atoms with E-state index in [1.807, 2.05) is 6.07 Å². The minimum Gasteiger partial charge on any atom is -0.347 e. The van der Waals surface area contributed by atoms with Crippen LogP contribution in [0.3, 0.4) is 0 Å². The Morgan fingerprint density at radius 3 is 2.48 bits per heavy atom. The summed E-state index contributed by atoms with van der Waals surface area (Å²) in [6.07, 6.45) is 1.39. The highest BCUT2D eigenvalue weighted by molar-refractivity contribution is 6.39. The summed E-state index contributed by atoms with van der Waals surface area (Å²) in [4.78, 5) is 54.2. The molecule has 0 saturated carbocycles. The van der Waals surface area contributed by atoms with Gasteiger partial charge in [0.25, 0.3) is 0 Å². The summed E-state index contributed by atoms with van der Waals surface area (Å²) in [5, 5.41) is 2.59. The van der Waals surface area contributed by atoms with E-state index in [0.717, 1.165) is 6.42 Å². The van der Waals surface area contributed by atoms with Gasteiger partial charge < -0.3 is 20.0 Å². The van der Waals surface area contributed by atoms with E-state index < -0.39 is 11.8 Å². The Kier molecular flexibility index (Phi) is 5.43. The molecule has 3 fully saturated rings. The van der Waals surface area contributed by atoms with Gasteiger partial charge in [0.1, 0.15) is 6.54 Å². The third kappa shape index (κ3) is 4.10. The highest BCUT2D eigenvalue weighted by Crippen LogP contribution is 2.29. The fourth-order valence-corrected chi connectivity index (χ4v) is 3.55. The molecule has 0 spiro atoms. The molecule has 1 aromatic rings. The Morgan fingerprint density at radius 1 is 1.11 bits per heavy atom. The van der Waals surface area contributed by atoms with Gasteiger partial charge in [-0.3, -0.25) is 19.2 Å². The molecule has 3 aliphatic rings. The zero-order chi connectivity index (χ0) is 19.6. The van der Waals surface area contributed by atoms with Gasteiger partial charge in [-0.25, -0.2) is 0 Å². The van der Waals surface area contributed by atoms with Gasteiger partial charge in [0.2, 0.25) is 11.8 Å². The number of carbonyl (C=O) groups excluding carboxylic acids is 4. The quantitative estimate of drug-likeness (QED) is 0.766. The molecule has 144 valence electrons. The van der Waals surface area contributed by atoms with Crippen LogP contribution in [-0.4, -0.2) is 78.1 Å². The normalized spacial score (nSPS) is 21.6. The summed E-state index contributed by atoms with van der Waals surface area (Å²) in [5.41, 5.74) is 0.544. The molecule has 27 heavy (non-hydrogen) atoms. The molecule has 1 N–H and O–H groups in total. The van der Waals surface area contributed by atoms with Crippen LogP contribution in [0.15, 0.2) is 30.3 Å². The van der Waals surface area contributed by atoms with E-state index in [9.17, 15) is 19.2 Å². The molecular weight excluding hydrogens is 348 g/mol. The lowest BCUT2D eigenvalue weighted by Gasteiger charge is -2.35. The lowest BCUT2D eigenvalue weighted by atomic mass is 9.94. The molecule has 2 atom stereocenters. The maximum Gasteiger partial charge on any atom is 0.313 e. The maximum atomic E-state index is 12.7. The summed E-state index contributed by atoms with van der Waals surface area (Å²) >= 11 is 0. The standard InChI is InChI=1S/C19H24N4O4/c1-21(2)16(24)12-23-15-9-8-13(18(23)26)10-22(11-15)19(27)17(25)20-14-6-4-3-5-7-14/h3-7,13,15H,8-12H2,1-2H3,(H,20,25)/t13-,15+/m1/s1. The van der Waals surface area contributed by atoms with E-state index in [4.69, 9.17) is 0 Å². The van der Waals surface area contributed by atoms with Gasteiger partial charge in [0.15, 0.2) is 0 Å². The first-order chi connectivity index (χ1) is 12.9. The molecule has 4 rings (SSSR count). The van der Waals surface area contributed by atoms with Crippen molar-refractivity contribution in [3.63, 3.8) is 0 Å². The van der Waals surface area contributed by atoms with E-state index in [2.05, 4.69) is 5.32 Å². The molecule has 3 saturated heterocycles. The SMILES string of the molecule is CN(C)C(=O)CN1C(=O)[C@@H]2CC[C@H]1CN(C(=O)C(=O)Nc1ccccc1)C2. The molecule has 0 aromatic heterocycles. The van der Waals surface area contributed by atoms with Crippen molar-refractivity contribution in [3.8, 4) is 0 Å². The molecule has 3 aliphatic heterocycles. The predicted octanol–water partition coefficient (Wildman–Crippen LogP) is 0.163. The lowest BCUT2D eigenvalue weighted by Crippen LogP contribution is -2.51. The van der Waals surface area contributed by atoms with E-state index >= 15 is 0 Å². The van der Waals surface area contributed by atoms with Crippen molar-refractivity contribution >= 4 is 29.3 Å². The van der Waals surface area contributed by atoms with Gasteiger partial charge in [-0.2, -0.15) is 0 Å². The summed E-state index contributed by atoms with van der Waals surface area (Å²) in [6.45, 7) is 0.484. The minimum absolute atomic E-state index is 0.00520. The number of amides is 4. The third-order valence-electron chi connectivity index (χ3n) is 5.11. The number of fused-ring (bicyclic) bond motifs is 4. The number of hydrogen-bond acceptors (Lipinski definition) is 4. The number of nitrogens with one attached hydrogen (secondary N) is 1.